The molecule has 0 fully saturated rings. The Morgan fingerprint density at radius 3 is 2.53 bits per heavy atom. The summed E-state index contributed by atoms with van der Waals surface area (Å²) in [6.45, 7) is 1.93. The van der Waals surface area contributed by atoms with Crippen LogP contribution in [0.25, 0.3) is 0 Å². The standard InChI is InChI=1S/C22H28N4O3.HI/c1-23-22(24-12-11-16-3-6-18(28-2)7-4-16)25-13-14-29-19-8-9-20-17(15-19)5-10-21(27)26-20;/h3-4,6-9,15H,5,10-14H2,1-2H3,(H,26,27)(H2,23,24,25);1H. The molecule has 2 aromatic rings. The van der Waals surface area contributed by atoms with Gasteiger partial charge in [0.15, 0.2) is 5.96 Å². The third-order valence-electron chi connectivity index (χ3n) is 4.72. The summed E-state index contributed by atoms with van der Waals surface area (Å²) in [4.78, 5) is 15.7. The summed E-state index contributed by atoms with van der Waals surface area (Å²) >= 11 is 0. The number of rotatable bonds is 8. The lowest BCUT2D eigenvalue weighted by Crippen LogP contribution is -2.40. The number of carbonyl (C=O) groups excluding carboxylic acids is 1. The predicted molar refractivity (Wildman–Crippen MR) is 130 cm³/mol. The molecule has 0 atom stereocenters. The highest BCUT2D eigenvalue weighted by Crippen LogP contribution is 2.26. The smallest absolute Gasteiger partial charge is 0.224 e. The van der Waals surface area contributed by atoms with Gasteiger partial charge in [-0.15, -0.1) is 24.0 Å². The fourth-order valence-electron chi connectivity index (χ4n) is 3.13. The Balaban J connectivity index is 0.00000320. The number of ether oxygens (including phenoxy) is 2. The number of nitrogens with one attached hydrogen (secondary N) is 3. The molecule has 162 valence electrons. The predicted octanol–water partition coefficient (Wildman–Crippen LogP) is 2.98. The summed E-state index contributed by atoms with van der Waals surface area (Å²) in [5.74, 6) is 2.49. The Morgan fingerprint density at radius 1 is 1.07 bits per heavy atom. The topological polar surface area (TPSA) is 84.0 Å². The van der Waals surface area contributed by atoms with Crippen molar-refractivity contribution in [2.45, 2.75) is 19.3 Å². The Labute approximate surface area is 194 Å². The van der Waals surface area contributed by atoms with Crippen molar-refractivity contribution in [1.82, 2.24) is 10.6 Å². The lowest BCUT2D eigenvalue weighted by atomic mass is 10.0. The number of carbonyl (C=O) groups is 1. The SMILES string of the molecule is CN=C(NCCOc1ccc2c(c1)CCC(=O)N2)NCCc1ccc(OC)cc1.I. The number of hydrogen-bond acceptors (Lipinski definition) is 4. The van der Waals surface area contributed by atoms with Gasteiger partial charge < -0.3 is 25.4 Å². The average Bonchev–Trinajstić information content (AvgIpc) is 2.75. The zero-order valence-corrected chi connectivity index (χ0v) is 19.7. The van der Waals surface area contributed by atoms with Crippen molar-refractivity contribution >= 4 is 41.5 Å². The molecule has 0 saturated carbocycles. The summed E-state index contributed by atoms with van der Waals surface area (Å²) in [5.41, 5.74) is 3.24. The largest absolute Gasteiger partial charge is 0.497 e. The van der Waals surface area contributed by atoms with Crippen molar-refractivity contribution < 1.29 is 14.3 Å². The third kappa shape index (κ3) is 7.08. The van der Waals surface area contributed by atoms with Gasteiger partial charge in [-0.25, -0.2) is 0 Å². The van der Waals surface area contributed by atoms with Gasteiger partial charge in [0, 0.05) is 25.7 Å². The maximum absolute atomic E-state index is 11.4. The molecule has 30 heavy (non-hydrogen) atoms. The molecule has 1 aliphatic heterocycles. The highest BCUT2D eigenvalue weighted by Gasteiger charge is 2.14. The average molecular weight is 524 g/mol. The number of methoxy groups -OCH3 is 1. The van der Waals surface area contributed by atoms with Crippen LogP contribution < -0.4 is 25.4 Å². The lowest BCUT2D eigenvalue weighted by Gasteiger charge is -2.18. The monoisotopic (exact) mass is 524 g/mol. The number of hydrogen-bond donors (Lipinski definition) is 3. The van der Waals surface area contributed by atoms with Crippen molar-refractivity contribution in [1.29, 1.82) is 0 Å². The van der Waals surface area contributed by atoms with Gasteiger partial charge in [0.25, 0.3) is 0 Å². The minimum absolute atomic E-state index is 0. The van der Waals surface area contributed by atoms with Crippen LogP contribution in [0.3, 0.4) is 0 Å². The van der Waals surface area contributed by atoms with E-state index in [1.807, 2.05) is 30.3 Å². The number of guanidine groups is 1. The summed E-state index contributed by atoms with van der Waals surface area (Å²) in [7, 11) is 3.42. The van der Waals surface area contributed by atoms with Gasteiger partial charge in [-0.2, -0.15) is 0 Å². The first-order valence-corrected chi connectivity index (χ1v) is 9.81. The molecule has 0 aromatic heterocycles. The lowest BCUT2D eigenvalue weighted by molar-refractivity contribution is -0.116. The minimum atomic E-state index is 0. The maximum Gasteiger partial charge on any atom is 0.224 e. The Kier molecular flexibility index (Phi) is 9.72. The van der Waals surface area contributed by atoms with Gasteiger partial charge >= 0.3 is 0 Å². The molecule has 3 N–H and O–H groups in total. The molecule has 1 amide bonds. The zero-order chi connectivity index (χ0) is 20.5. The second-order valence-electron chi connectivity index (χ2n) is 6.74. The van der Waals surface area contributed by atoms with Crippen molar-refractivity contribution in [2.75, 3.05) is 39.2 Å². The number of aryl methyl sites for hydroxylation is 1. The zero-order valence-electron chi connectivity index (χ0n) is 17.4. The van der Waals surface area contributed by atoms with E-state index < -0.39 is 0 Å². The molecule has 0 spiro atoms. The highest BCUT2D eigenvalue weighted by molar-refractivity contribution is 14.0. The number of halogens is 1. The van der Waals surface area contributed by atoms with Gasteiger partial charge in [0.1, 0.15) is 18.1 Å². The number of anilines is 1. The van der Waals surface area contributed by atoms with Crippen LogP contribution in [-0.2, 0) is 17.6 Å². The van der Waals surface area contributed by atoms with Crippen LogP contribution in [0, 0.1) is 0 Å². The first-order chi connectivity index (χ1) is 14.2. The summed E-state index contributed by atoms with van der Waals surface area (Å²) < 4.78 is 11.0. The number of benzene rings is 2. The van der Waals surface area contributed by atoms with Crippen LogP contribution >= 0.6 is 24.0 Å². The van der Waals surface area contributed by atoms with Crippen molar-refractivity contribution in [2.24, 2.45) is 4.99 Å². The second kappa shape index (κ2) is 12.3. The molecule has 2 aromatic carbocycles. The van der Waals surface area contributed by atoms with E-state index in [1.54, 1.807) is 14.2 Å². The van der Waals surface area contributed by atoms with E-state index in [-0.39, 0.29) is 29.9 Å². The maximum atomic E-state index is 11.4. The van der Waals surface area contributed by atoms with Gasteiger partial charge in [-0.1, -0.05) is 12.1 Å². The number of amides is 1. The molecule has 7 nitrogen and oxygen atoms in total. The second-order valence-corrected chi connectivity index (χ2v) is 6.74. The van der Waals surface area contributed by atoms with E-state index in [0.29, 0.717) is 19.6 Å². The molecule has 1 heterocycles. The van der Waals surface area contributed by atoms with Crippen molar-refractivity contribution in [3.05, 3.63) is 53.6 Å². The van der Waals surface area contributed by atoms with Gasteiger partial charge in [0.2, 0.25) is 5.91 Å². The van der Waals surface area contributed by atoms with E-state index in [4.69, 9.17) is 9.47 Å². The van der Waals surface area contributed by atoms with Crippen LogP contribution in [0.15, 0.2) is 47.5 Å². The van der Waals surface area contributed by atoms with E-state index in [1.165, 1.54) is 5.56 Å². The molecule has 1 aliphatic rings. The van der Waals surface area contributed by atoms with Crippen molar-refractivity contribution in [3.8, 4) is 11.5 Å². The quantitative estimate of drug-likeness (QED) is 0.214. The third-order valence-corrected chi connectivity index (χ3v) is 4.72. The van der Waals surface area contributed by atoms with Gasteiger partial charge in [-0.05, 0) is 54.3 Å². The van der Waals surface area contributed by atoms with E-state index in [9.17, 15) is 4.79 Å². The number of nitrogens with zero attached hydrogens (tertiary/aromatic N) is 1. The van der Waals surface area contributed by atoms with Crippen LogP contribution in [0.1, 0.15) is 17.5 Å². The van der Waals surface area contributed by atoms with Crippen LogP contribution in [0.4, 0.5) is 5.69 Å². The minimum Gasteiger partial charge on any atom is -0.497 e. The summed E-state index contributed by atoms with van der Waals surface area (Å²) in [6, 6.07) is 13.8. The fourth-order valence-corrected chi connectivity index (χ4v) is 3.13. The molecule has 0 saturated heterocycles. The highest BCUT2D eigenvalue weighted by atomic mass is 127. The Bertz CT molecular complexity index is 856. The normalized spacial score (nSPS) is 12.9. The molecule has 0 radical (unpaired) electrons. The summed E-state index contributed by atoms with van der Waals surface area (Å²) in [5, 5.41) is 9.43. The molecule has 0 bridgehead atoms. The van der Waals surface area contributed by atoms with Crippen LogP contribution in [-0.4, -0.2) is 45.7 Å². The molecule has 3 rings (SSSR count). The Morgan fingerprint density at radius 2 is 1.80 bits per heavy atom. The Hall–Kier alpha value is -2.49. The first kappa shape index (κ1) is 23.8. The summed E-state index contributed by atoms with van der Waals surface area (Å²) in [6.07, 6.45) is 2.17. The molecule has 8 heteroatoms. The molecule has 0 aliphatic carbocycles. The number of aliphatic imine (C=N–C) groups is 1. The molecule has 0 unspecified atom stereocenters. The van der Waals surface area contributed by atoms with E-state index in [0.717, 1.165) is 48.1 Å². The first-order valence-electron chi connectivity index (χ1n) is 9.81. The van der Waals surface area contributed by atoms with E-state index in [2.05, 4.69) is 33.1 Å². The van der Waals surface area contributed by atoms with Gasteiger partial charge in [-0.3, -0.25) is 9.79 Å². The van der Waals surface area contributed by atoms with Gasteiger partial charge in [0.05, 0.1) is 13.7 Å². The molecular weight excluding hydrogens is 495 g/mol. The van der Waals surface area contributed by atoms with Crippen LogP contribution in [0.2, 0.25) is 0 Å². The molecular formula is C22H29IN4O3. The van der Waals surface area contributed by atoms with Crippen molar-refractivity contribution in [3.63, 3.8) is 0 Å². The number of fused-ring (bicyclic) bond motifs is 1. The van der Waals surface area contributed by atoms with Crippen LogP contribution in [0.5, 0.6) is 11.5 Å². The fraction of sp³-hybridized carbons (Fsp3) is 0.364. The van der Waals surface area contributed by atoms with E-state index >= 15 is 0 Å².